The molecule has 2 rings (SSSR count). The molecule has 0 aliphatic carbocycles. The molecule has 0 bridgehead atoms. The molecule has 7 heteroatoms. The van der Waals surface area contributed by atoms with Crippen molar-refractivity contribution in [3.05, 3.63) is 33.3 Å². The van der Waals surface area contributed by atoms with E-state index >= 15 is 0 Å². The first kappa shape index (κ1) is 15.2. The standard InChI is InChI=1S/C14H15ClN2O4/c1-7-16-11(10(15)14(18)17-7)8-5-6-9(19-2)13(21-4)12(8)20-3/h5-6H,1-4H3,(H,16,17,18). The van der Waals surface area contributed by atoms with Crippen LogP contribution in [-0.4, -0.2) is 31.3 Å². The van der Waals surface area contributed by atoms with E-state index in [1.807, 2.05) is 0 Å². The van der Waals surface area contributed by atoms with Crippen LogP contribution >= 0.6 is 11.6 Å². The quantitative estimate of drug-likeness (QED) is 0.939. The predicted molar refractivity (Wildman–Crippen MR) is 79.7 cm³/mol. The molecular weight excluding hydrogens is 296 g/mol. The molecule has 6 nitrogen and oxygen atoms in total. The van der Waals surface area contributed by atoms with Crippen LogP contribution in [0, 0.1) is 6.92 Å². The highest BCUT2D eigenvalue weighted by Crippen LogP contribution is 2.44. The SMILES string of the molecule is COc1ccc(-c2nc(C)[nH]c(=O)c2Cl)c(OC)c1OC. The molecule has 0 radical (unpaired) electrons. The number of aryl methyl sites for hydroxylation is 1. The number of H-pyrrole nitrogens is 1. The second-order valence-electron chi connectivity index (χ2n) is 4.20. The molecule has 1 aromatic heterocycles. The Morgan fingerprint density at radius 2 is 1.76 bits per heavy atom. The van der Waals surface area contributed by atoms with E-state index in [1.54, 1.807) is 19.1 Å². The minimum Gasteiger partial charge on any atom is -0.493 e. The highest BCUT2D eigenvalue weighted by molar-refractivity contribution is 6.32. The average molecular weight is 311 g/mol. The average Bonchev–Trinajstić information content (AvgIpc) is 2.49. The number of hydrogen-bond donors (Lipinski definition) is 1. The minimum atomic E-state index is -0.406. The van der Waals surface area contributed by atoms with Crippen molar-refractivity contribution in [1.29, 1.82) is 0 Å². The van der Waals surface area contributed by atoms with Gasteiger partial charge in [-0.05, 0) is 19.1 Å². The van der Waals surface area contributed by atoms with Crippen molar-refractivity contribution in [1.82, 2.24) is 9.97 Å². The molecule has 0 fully saturated rings. The van der Waals surface area contributed by atoms with Crippen molar-refractivity contribution in [3.8, 4) is 28.5 Å². The number of halogens is 1. The van der Waals surface area contributed by atoms with Crippen LogP contribution in [0.4, 0.5) is 0 Å². The van der Waals surface area contributed by atoms with Crippen LogP contribution in [0.3, 0.4) is 0 Å². The molecule has 21 heavy (non-hydrogen) atoms. The van der Waals surface area contributed by atoms with Crippen LogP contribution < -0.4 is 19.8 Å². The lowest BCUT2D eigenvalue weighted by atomic mass is 10.1. The number of benzene rings is 1. The minimum absolute atomic E-state index is 0.00822. The van der Waals surface area contributed by atoms with Gasteiger partial charge < -0.3 is 19.2 Å². The van der Waals surface area contributed by atoms with Gasteiger partial charge in [0.2, 0.25) is 5.75 Å². The number of nitrogens with zero attached hydrogens (tertiary/aromatic N) is 1. The number of hydrogen-bond acceptors (Lipinski definition) is 5. The zero-order chi connectivity index (χ0) is 15.6. The number of aromatic nitrogens is 2. The Morgan fingerprint density at radius 1 is 1.10 bits per heavy atom. The second-order valence-corrected chi connectivity index (χ2v) is 4.57. The maximum absolute atomic E-state index is 11.8. The topological polar surface area (TPSA) is 73.4 Å². The van der Waals surface area contributed by atoms with Crippen molar-refractivity contribution in [2.24, 2.45) is 0 Å². The molecule has 1 heterocycles. The Morgan fingerprint density at radius 3 is 2.33 bits per heavy atom. The first-order chi connectivity index (χ1) is 10.0. The molecule has 0 saturated heterocycles. The van der Waals surface area contributed by atoms with Gasteiger partial charge in [0.05, 0.1) is 21.3 Å². The molecule has 0 aliphatic rings. The summed E-state index contributed by atoms with van der Waals surface area (Å²) in [5.74, 6) is 1.77. The Labute approximate surface area is 126 Å². The monoisotopic (exact) mass is 310 g/mol. The fraction of sp³-hybridized carbons (Fsp3) is 0.286. The van der Waals surface area contributed by atoms with Crippen molar-refractivity contribution in [2.75, 3.05) is 21.3 Å². The molecule has 112 valence electrons. The summed E-state index contributed by atoms with van der Waals surface area (Å²) in [6.45, 7) is 1.68. The van der Waals surface area contributed by atoms with Crippen LogP contribution in [-0.2, 0) is 0 Å². The van der Waals surface area contributed by atoms with E-state index < -0.39 is 5.56 Å². The summed E-state index contributed by atoms with van der Waals surface area (Å²) in [4.78, 5) is 18.6. The number of aromatic amines is 1. The van der Waals surface area contributed by atoms with Gasteiger partial charge in [-0.15, -0.1) is 0 Å². The van der Waals surface area contributed by atoms with Crippen LogP contribution in [0.15, 0.2) is 16.9 Å². The Kier molecular flexibility index (Phi) is 4.37. The normalized spacial score (nSPS) is 10.3. The molecule has 0 spiro atoms. The van der Waals surface area contributed by atoms with E-state index in [9.17, 15) is 4.79 Å². The van der Waals surface area contributed by atoms with Crippen LogP contribution in [0.5, 0.6) is 17.2 Å². The first-order valence-electron chi connectivity index (χ1n) is 6.09. The van der Waals surface area contributed by atoms with Gasteiger partial charge in [0.1, 0.15) is 16.5 Å². The molecule has 0 amide bonds. The van der Waals surface area contributed by atoms with Gasteiger partial charge in [-0.3, -0.25) is 4.79 Å². The lowest BCUT2D eigenvalue weighted by Gasteiger charge is -2.16. The van der Waals surface area contributed by atoms with E-state index in [0.717, 1.165) is 0 Å². The molecule has 0 saturated carbocycles. The van der Waals surface area contributed by atoms with Crippen molar-refractivity contribution < 1.29 is 14.2 Å². The fourth-order valence-electron chi connectivity index (χ4n) is 2.04. The second kappa shape index (κ2) is 6.05. The summed E-state index contributed by atoms with van der Waals surface area (Å²) in [7, 11) is 4.52. The molecule has 0 atom stereocenters. The number of nitrogens with one attached hydrogen (secondary N) is 1. The molecular formula is C14H15ClN2O4. The number of methoxy groups -OCH3 is 3. The smallest absolute Gasteiger partial charge is 0.270 e. The van der Waals surface area contributed by atoms with E-state index in [0.29, 0.717) is 34.3 Å². The third-order valence-corrected chi connectivity index (χ3v) is 3.29. The Bertz CT molecular complexity index is 728. The van der Waals surface area contributed by atoms with E-state index in [-0.39, 0.29) is 5.02 Å². The van der Waals surface area contributed by atoms with Crippen LogP contribution in [0.1, 0.15) is 5.82 Å². The predicted octanol–water partition coefficient (Wildman–Crippen LogP) is 2.42. The third-order valence-electron chi connectivity index (χ3n) is 2.94. The van der Waals surface area contributed by atoms with Crippen molar-refractivity contribution in [2.45, 2.75) is 6.92 Å². The summed E-state index contributed by atoms with van der Waals surface area (Å²) in [5.41, 5.74) is 0.473. The lowest BCUT2D eigenvalue weighted by Crippen LogP contribution is -2.12. The van der Waals surface area contributed by atoms with Gasteiger partial charge in [0.25, 0.3) is 5.56 Å². The Hall–Kier alpha value is -2.21. The lowest BCUT2D eigenvalue weighted by molar-refractivity contribution is 0.325. The first-order valence-corrected chi connectivity index (χ1v) is 6.47. The maximum Gasteiger partial charge on any atom is 0.270 e. The van der Waals surface area contributed by atoms with E-state index in [1.165, 1.54) is 21.3 Å². The summed E-state index contributed by atoms with van der Waals surface area (Å²) >= 11 is 6.06. The van der Waals surface area contributed by atoms with E-state index in [4.69, 9.17) is 25.8 Å². The number of ether oxygens (including phenoxy) is 3. The fourth-order valence-corrected chi connectivity index (χ4v) is 2.23. The van der Waals surface area contributed by atoms with Gasteiger partial charge in [0.15, 0.2) is 11.5 Å². The molecule has 0 unspecified atom stereocenters. The molecule has 1 N–H and O–H groups in total. The summed E-state index contributed by atoms with van der Waals surface area (Å²) in [6.07, 6.45) is 0. The van der Waals surface area contributed by atoms with Gasteiger partial charge in [-0.1, -0.05) is 11.6 Å². The summed E-state index contributed by atoms with van der Waals surface area (Å²) in [5, 5.41) is -0.00822. The van der Waals surface area contributed by atoms with E-state index in [2.05, 4.69) is 9.97 Å². The summed E-state index contributed by atoms with van der Waals surface area (Å²) in [6, 6.07) is 3.42. The van der Waals surface area contributed by atoms with Gasteiger partial charge in [-0.2, -0.15) is 0 Å². The van der Waals surface area contributed by atoms with Gasteiger partial charge in [-0.25, -0.2) is 4.98 Å². The van der Waals surface area contributed by atoms with Gasteiger partial charge in [0, 0.05) is 5.56 Å². The molecule has 0 aliphatic heterocycles. The zero-order valence-electron chi connectivity index (χ0n) is 12.1. The summed E-state index contributed by atoms with van der Waals surface area (Å²) < 4.78 is 15.9. The highest BCUT2D eigenvalue weighted by Gasteiger charge is 2.21. The van der Waals surface area contributed by atoms with Crippen molar-refractivity contribution in [3.63, 3.8) is 0 Å². The van der Waals surface area contributed by atoms with Crippen LogP contribution in [0.25, 0.3) is 11.3 Å². The van der Waals surface area contributed by atoms with Gasteiger partial charge >= 0.3 is 0 Å². The maximum atomic E-state index is 11.8. The van der Waals surface area contributed by atoms with Crippen molar-refractivity contribution >= 4 is 11.6 Å². The number of rotatable bonds is 4. The molecule has 1 aromatic carbocycles. The third kappa shape index (κ3) is 2.67. The van der Waals surface area contributed by atoms with Crippen LogP contribution in [0.2, 0.25) is 5.02 Å². The zero-order valence-corrected chi connectivity index (χ0v) is 12.9. The largest absolute Gasteiger partial charge is 0.493 e. The molecule has 2 aromatic rings. The highest BCUT2D eigenvalue weighted by atomic mass is 35.5. The Balaban J connectivity index is 2.79.